The second-order valence-electron chi connectivity index (χ2n) is 3.86. The van der Waals surface area contributed by atoms with Crippen molar-refractivity contribution < 1.29 is 0 Å². The van der Waals surface area contributed by atoms with Gasteiger partial charge in [0, 0.05) is 18.0 Å². The molecule has 4 heteroatoms. The first-order valence-corrected chi connectivity index (χ1v) is 5.18. The van der Waals surface area contributed by atoms with E-state index in [0.29, 0.717) is 5.82 Å². The van der Waals surface area contributed by atoms with E-state index < -0.39 is 0 Å². The molecule has 0 spiro atoms. The van der Waals surface area contributed by atoms with Gasteiger partial charge in [-0.25, -0.2) is 9.97 Å². The summed E-state index contributed by atoms with van der Waals surface area (Å²) in [6, 6.07) is 5.43. The van der Waals surface area contributed by atoms with Gasteiger partial charge in [-0.05, 0) is 18.1 Å². The Morgan fingerprint density at radius 1 is 1.31 bits per heavy atom. The van der Waals surface area contributed by atoms with Crippen LogP contribution >= 0.6 is 0 Å². The predicted molar refractivity (Wildman–Crippen MR) is 61.7 cm³/mol. The van der Waals surface area contributed by atoms with Crippen LogP contribution in [0.2, 0.25) is 0 Å². The summed E-state index contributed by atoms with van der Waals surface area (Å²) in [6.07, 6.45) is 4.77. The summed E-state index contributed by atoms with van der Waals surface area (Å²) in [4.78, 5) is 20.0. The third-order valence-corrected chi connectivity index (χ3v) is 2.41. The Morgan fingerprint density at radius 2 is 2.12 bits per heavy atom. The molecule has 4 nitrogen and oxygen atoms in total. The standard InChI is InChI=1S/C12H13N3O/c1-9(2)10-4-3-7-15(12(10)16)11-5-6-13-8-14-11/h3-9H,1-2H3. The fraction of sp³-hybridized carbons (Fsp3) is 0.250. The second kappa shape index (κ2) is 4.26. The Bertz CT molecular complexity index is 531. The van der Waals surface area contributed by atoms with Gasteiger partial charge >= 0.3 is 0 Å². The van der Waals surface area contributed by atoms with Crippen LogP contribution in [0.4, 0.5) is 0 Å². The third-order valence-electron chi connectivity index (χ3n) is 2.41. The minimum atomic E-state index is -0.0174. The van der Waals surface area contributed by atoms with Crippen molar-refractivity contribution in [2.75, 3.05) is 0 Å². The zero-order valence-electron chi connectivity index (χ0n) is 9.29. The summed E-state index contributed by atoms with van der Waals surface area (Å²) < 4.78 is 1.54. The maximum atomic E-state index is 12.1. The highest BCUT2D eigenvalue weighted by molar-refractivity contribution is 5.24. The van der Waals surface area contributed by atoms with Crippen molar-refractivity contribution >= 4 is 0 Å². The lowest BCUT2D eigenvalue weighted by atomic mass is 10.1. The first-order valence-electron chi connectivity index (χ1n) is 5.18. The Morgan fingerprint density at radius 3 is 2.75 bits per heavy atom. The van der Waals surface area contributed by atoms with Crippen molar-refractivity contribution in [2.24, 2.45) is 0 Å². The minimum absolute atomic E-state index is 0.0174. The Labute approximate surface area is 93.6 Å². The Kier molecular flexibility index (Phi) is 2.81. The van der Waals surface area contributed by atoms with E-state index in [4.69, 9.17) is 0 Å². The lowest BCUT2D eigenvalue weighted by Gasteiger charge is -2.08. The van der Waals surface area contributed by atoms with Gasteiger partial charge in [0.1, 0.15) is 12.1 Å². The normalized spacial score (nSPS) is 10.7. The van der Waals surface area contributed by atoms with Crippen LogP contribution < -0.4 is 5.56 Å². The first kappa shape index (κ1) is 10.5. The molecule has 0 N–H and O–H groups in total. The molecule has 0 aromatic carbocycles. The summed E-state index contributed by atoms with van der Waals surface area (Å²) in [5, 5.41) is 0. The van der Waals surface area contributed by atoms with E-state index in [0.717, 1.165) is 5.56 Å². The zero-order valence-corrected chi connectivity index (χ0v) is 9.29. The quantitative estimate of drug-likeness (QED) is 0.766. The largest absolute Gasteiger partial charge is 0.269 e. The van der Waals surface area contributed by atoms with Gasteiger partial charge in [-0.2, -0.15) is 0 Å². The van der Waals surface area contributed by atoms with Gasteiger partial charge in [-0.15, -0.1) is 0 Å². The molecular formula is C12H13N3O. The average molecular weight is 215 g/mol. The van der Waals surface area contributed by atoms with Crippen LogP contribution in [0, 0.1) is 0 Å². The van der Waals surface area contributed by atoms with Gasteiger partial charge in [0.25, 0.3) is 5.56 Å². The molecule has 0 fully saturated rings. The second-order valence-corrected chi connectivity index (χ2v) is 3.86. The predicted octanol–water partition coefficient (Wildman–Crippen LogP) is 1.75. The fourth-order valence-corrected chi connectivity index (χ4v) is 1.56. The fourth-order valence-electron chi connectivity index (χ4n) is 1.56. The molecule has 0 aliphatic rings. The highest BCUT2D eigenvalue weighted by Gasteiger charge is 2.08. The molecule has 0 radical (unpaired) electrons. The lowest BCUT2D eigenvalue weighted by molar-refractivity contribution is 0.810. The highest BCUT2D eigenvalue weighted by Crippen LogP contribution is 2.09. The van der Waals surface area contributed by atoms with E-state index in [1.807, 2.05) is 26.0 Å². The Balaban J connectivity index is 2.60. The van der Waals surface area contributed by atoms with Crippen molar-refractivity contribution in [3.8, 4) is 5.82 Å². The average Bonchev–Trinajstić information content (AvgIpc) is 2.30. The minimum Gasteiger partial charge on any atom is -0.269 e. The third kappa shape index (κ3) is 1.86. The van der Waals surface area contributed by atoms with E-state index in [-0.39, 0.29) is 11.5 Å². The molecule has 2 rings (SSSR count). The summed E-state index contributed by atoms with van der Waals surface area (Å²) in [7, 11) is 0. The molecule has 0 saturated carbocycles. The van der Waals surface area contributed by atoms with Gasteiger partial charge in [-0.3, -0.25) is 9.36 Å². The molecule has 2 aromatic rings. The molecule has 2 aromatic heterocycles. The topological polar surface area (TPSA) is 47.8 Å². The first-order chi connectivity index (χ1) is 7.70. The molecule has 0 aliphatic carbocycles. The maximum absolute atomic E-state index is 12.1. The number of hydrogen-bond acceptors (Lipinski definition) is 3. The van der Waals surface area contributed by atoms with Crippen LogP contribution in [-0.2, 0) is 0 Å². The molecule has 0 aliphatic heterocycles. The van der Waals surface area contributed by atoms with Crippen molar-refractivity contribution in [1.82, 2.24) is 14.5 Å². The smallest absolute Gasteiger partial charge is 0.259 e. The lowest BCUT2D eigenvalue weighted by Crippen LogP contribution is -2.22. The van der Waals surface area contributed by atoms with Gasteiger partial charge in [0.2, 0.25) is 0 Å². The molecule has 0 unspecified atom stereocenters. The molecule has 0 saturated heterocycles. The monoisotopic (exact) mass is 215 g/mol. The van der Waals surface area contributed by atoms with E-state index in [1.165, 1.54) is 10.9 Å². The van der Waals surface area contributed by atoms with Crippen molar-refractivity contribution in [3.05, 3.63) is 52.8 Å². The molecule has 82 valence electrons. The highest BCUT2D eigenvalue weighted by atomic mass is 16.1. The van der Waals surface area contributed by atoms with Gasteiger partial charge in [0.05, 0.1) is 0 Å². The molecule has 16 heavy (non-hydrogen) atoms. The Hall–Kier alpha value is -1.97. The van der Waals surface area contributed by atoms with E-state index in [2.05, 4.69) is 9.97 Å². The maximum Gasteiger partial charge on any atom is 0.259 e. The molecule has 2 heterocycles. The van der Waals surface area contributed by atoms with Crippen LogP contribution in [0.25, 0.3) is 5.82 Å². The number of rotatable bonds is 2. The summed E-state index contributed by atoms with van der Waals surface area (Å²) in [5.74, 6) is 0.810. The van der Waals surface area contributed by atoms with Crippen LogP contribution in [0.1, 0.15) is 25.3 Å². The van der Waals surface area contributed by atoms with Crippen LogP contribution in [0.3, 0.4) is 0 Å². The summed E-state index contributed by atoms with van der Waals surface area (Å²) in [6.45, 7) is 4.00. The number of pyridine rings is 1. The molecular weight excluding hydrogens is 202 g/mol. The van der Waals surface area contributed by atoms with Crippen LogP contribution in [0.15, 0.2) is 41.7 Å². The van der Waals surface area contributed by atoms with Gasteiger partial charge < -0.3 is 0 Å². The van der Waals surface area contributed by atoms with E-state index >= 15 is 0 Å². The van der Waals surface area contributed by atoms with E-state index in [9.17, 15) is 4.79 Å². The zero-order chi connectivity index (χ0) is 11.5. The van der Waals surface area contributed by atoms with Crippen LogP contribution in [0.5, 0.6) is 0 Å². The number of nitrogens with zero attached hydrogens (tertiary/aromatic N) is 3. The number of hydrogen-bond donors (Lipinski definition) is 0. The summed E-state index contributed by atoms with van der Waals surface area (Å²) in [5.41, 5.74) is 0.775. The van der Waals surface area contributed by atoms with Crippen LogP contribution in [-0.4, -0.2) is 14.5 Å². The van der Waals surface area contributed by atoms with Gasteiger partial charge in [-0.1, -0.05) is 19.9 Å². The van der Waals surface area contributed by atoms with E-state index in [1.54, 1.807) is 18.5 Å². The van der Waals surface area contributed by atoms with Crippen molar-refractivity contribution in [2.45, 2.75) is 19.8 Å². The SMILES string of the molecule is CC(C)c1cccn(-c2ccncn2)c1=O. The van der Waals surface area contributed by atoms with Crippen molar-refractivity contribution in [1.29, 1.82) is 0 Å². The molecule has 0 bridgehead atoms. The summed E-state index contributed by atoms with van der Waals surface area (Å²) >= 11 is 0. The van der Waals surface area contributed by atoms with Gasteiger partial charge in [0.15, 0.2) is 0 Å². The van der Waals surface area contributed by atoms with Crippen molar-refractivity contribution in [3.63, 3.8) is 0 Å². The number of aromatic nitrogens is 3. The molecule has 0 atom stereocenters. The molecule has 0 amide bonds.